The summed E-state index contributed by atoms with van der Waals surface area (Å²) in [5, 5.41) is 65.9. The van der Waals surface area contributed by atoms with Gasteiger partial charge in [-0.2, -0.15) is 0 Å². The average Bonchev–Trinajstić information content (AvgIpc) is 3.26. The Morgan fingerprint density at radius 1 is 0.607 bits per heavy atom. The molecule has 1 fully saturated rings. The van der Waals surface area contributed by atoms with Gasteiger partial charge in [0.25, 0.3) is 0 Å². The molecule has 0 aliphatic carbocycles. The summed E-state index contributed by atoms with van der Waals surface area (Å²) in [6.07, 6.45) is 38.6. The van der Waals surface area contributed by atoms with Crippen LogP contribution in [0.25, 0.3) is 0 Å². The smallest absolute Gasteiger partial charge is 0.220 e. The van der Waals surface area contributed by atoms with Crippen LogP contribution in [0.4, 0.5) is 0 Å². The Morgan fingerprint density at radius 3 is 1.33 bits per heavy atom. The monoisotopic (exact) mass is 872 g/mol. The van der Waals surface area contributed by atoms with E-state index in [1.807, 2.05) is 0 Å². The zero-order chi connectivity index (χ0) is 44.7. The molecule has 1 heterocycles. The first-order valence-corrected chi connectivity index (χ1v) is 26.3. The fourth-order valence-corrected chi connectivity index (χ4v) is 8.88. The van der Waals surface area contributed by atoms with Gasteiger partial charge < -0.3 is 45.4 Å². The van der Waals surface area contributed by atoms with Crippen molar-refractivity contribution in [2.75, 3.05) is 19.8 Å². The van der Waals surface area contributed by atoms with E-state index in [9.17, 15) is 35.4 Å². The van der Waals surface area contributed by atoms with Crippen molar-refractivity contribution < 1.29 is 44.9 Å². The van der Waals surface area contributed by atoms with Crippen LogP contribution in [0, 0.1) is 0 Å². The van der Waals surface area contributed by atoms with Gasteiger partial charge in [-0.3, -0.25) is 4.79 Å². The third kappa shape index (κ3) is 30.8. The van der Waals surface area contributed by atoms with Crippen LogP contribution in [-0.2, 0) is 14.3 Å². The number of hydrogen-bond donors (Lipinski definition) is 7. The zero-order valence-electron chi connectivity index (χ0n) is 39.9. The number of ether oxygens (including phenoxy) is 2. The predicted molar refractivity (Wildman–Crippen MR) is 250 cm³/mol. The van der Waals surface area contributed by atoms with Crippen molar-refractivity contribution in [3.8, 4) is 0 Å². The average molecular weight is 872 g/mol. The molecule has 0 bridgehead atoms. The van der Waals surface area contributed by atoms with E-state index in [1.165, 1.54) is 186 Å². The highest BCUT2D eigenvalue weighted by Crippen LogP contribution is 2.30. The number of carbonyl (C=O) groups is 1. The molecule has 7 atom stereocenters. The lowest BCUT2D eigenvalue weighted by Gasteiger charge is -2.43. The maximum atomic E-state index is 13.1. The highest BCUT2D eigenvalue weighted by atomic mass is 16.7. The lowest BCUT2D eigenvalue weighted by Crippen LogP contribution is -2.61. The van der Waals surface area contributed by atoms with Crippen LogP contribution >= 0.6 is 0 Å². The van der Waals surface area contributed by atoms with Gasteiger partial charge in [-0.25, -0.2) is 0 Å². The van der Waals surface area contributed by atoms with Crippen molar-refractivity contribution in [2.45, 2.75) is 300 Å². The fraction of sp³-hybridized carbons (Fsp3) is 0.980. The number of aliphatic hydroxyl groups excluding tert-OH is 5. The summed E-state index contributed by atoms with van der Waals surface area (Å²) in [4.78, 5) is 13.1. The minimum atomic E-state index is -1.94. The fourth-order valence-electron chi connectivity index (χ4n) is 8.88. The number of unbranched alkanes of at least 4 members (excludes halogenated alkanes) is 33. The number of nitrogens with one attached hydrogen (secondary N) is 1. The van der Waals surface area contributed by atoms with Crippen molar-refractivity contribution in [1.29, 1.82) is 0 Å². The number of amides is 1. The highest BCUT2D eigenvalue weighted by molar-refractivity contribution is 5.76. The van der Waals surface area contributed by atoms with Crippen LogP contribution in [0.1, 0.15) is 258 Å². The Morgan fingerprint density at radius 2 is 0.967 bits per heavy atom. The van der Waals surface area contributed by atoms with E-state index in [2.05, 4.69) is 19.2 Å². The summed E-state index contributed by atoms with van der Waals surface area (Å²) in [6, 6.07) is -0.989. The minimum absolute atomic E-state index is 0.179. The van der Waals surface area contributed by atoms with Crippen molar-refractivity contribution in [2.24, 2.45) is 0 Å². The first-order valence-electron chi connectivity index (χ1n) is 26.3. The number of hydrogen-bond acceptors (Lipinski definition) is 9. The highest BCUT2D eigenvalue weighted by Gasteiger charge is 2.48. The zero-order valence-corrected chi connectivity index (χ0v) is 39.9. The summed E-state index contributed by atoms with van der Waals surface area (Å²) < 4.78 is 11.4. The Balaban J connectivity index is 2.30. The lowest BCUT2D eigenvalue weighted by atomic mass is 9.88. The summed E-state index contributed by atoms with van der Waals surface area (Å²) in [5.41, 5.74) is -1.94. The van der Waals surface area contributed by atoms with Crippen LogP contribution < -0.4 is 5.32 Å². The Bertz CT molecular complexity index is 959. The molecule has 61 heavy (non-hydrogen) atoms. The Kier molecular flexibility index (Phi) is 38.8. The first-order chi connectivity index (χ1) is 29.7. The molecule has 1 amide bonds. The molecule has 1 aliphatic rings. The van der Waals surface area contributed by atoms with Gasteiger partial charge in [0.15, 0.2) is 6.29 Å². The number of rotatable bonds is 45. The van der Waals surface area contributed by atoms with Crippen LogP contribution in [-0.4, -0.2) is 98.7 Å². The molecule has 10 heteroatoms. The largest absolute Gasteiger partial charge is 0.394 e. The van der Waals surface area contributed by atoms with Gasteiger partial charge in [0.2, 0.25) is 5.91 Å². The first kappa shape index (κ1) is 58.2. The van der Waals surface area contributed by atoms with Gasteiger partial charge in [-0.15, -0.1) is 0 Å². The topological polar surface area (TPSA) is 169 Å². The summed E-state index contributed by atoms with van der Waals surface area (Å²) in [5.74, 6) is -0.251. The molecule has 1 aliphatic heterocycles. The number of aliphatic hydroxyl groups is 6. The molecule has 0 saturated carbocycles. The van der Waals surface area contributed by atoms with E-state index in [0.29, 0.717) is 6.42 Å². The maximum Gasteiger partial charge on any atom is 0.220 e. The summed E-state index contributed by atoms with van der Waals surface area (Å²) in [6.45, 7) is 3.02. The second kappa shape index (κ2) is 40.6. The molecular formula is C51H101NO9. The third-order valence-electron chi connectivity index (χ3n) is 13.1. The SMILES string of the molecule is CCCCCCCCCCCCCCCCCCCCCCCCCC(=O)NC(CO[C@H]1OC(CO)CC(O)(CO)C1O)C(O)C(O)CCCCCCCCCCCCCC. The van der Waals surface area contributed by atoms with Crippen LogP contribution in [0.15, 0.2) is 0 Å². The van der Waals surface area contributed by atoms with E-state index in [4.69, 9.17) is 9.47 Å². The summed E-state index contributed by atoms with van der Waals surface area (Å²) >= 11 is 0. The third-order valence-corrected chi connectivity index (χ3v) is 13.1. The molecule has 7 N–H and O–H groups in total. The molecule has 1 rings (SSSR count). The van der Waals surface area contributed by atoms with E-state index < -0.39 is 55.6 Å². The normalized spacial score (nSPS) is 20.8. The summed E-state index contributed by atoms with van der Waals surface area (Å²) in [7, 11) is 0. The quantitative estimate of drug-likeness (QED) is 0.0295. The molecule has 0 radical (unpaired) electrons. The van der Waals surface area contributed by atoms with Gasteiger partial charge in [0.1, 0.15) is 17.8 Å². The minimum Gasteiger partial charge on any atom is -0.394 e. The molecule has 10 nitrogen and oxygen atoms in total. The Hall–Kier alpha value is -0.850. The molecule has 0 aromatic rings. The molecule has 0 aromatic carbocycles. The molecular weight excluding hydrogens is 771 g/mol. The lowest BCUT2D eigenvalue weighted by molar-refractivity contribution is -0.306. The van der Waals surface area contributed by atoms with E-state index in [-0.39, 0.29) is 25.4 Å². The van der Waals surface area contributed by atoms with Crippen LogP contribution in [0.3, 0.4) is 0 Å². The van der Waals surface area contributed by atoms with Gasteiger partial charge in [-0.05, 0) is 12.8 Å². The standard InChI is InChI=1S/C51H101NO9/c1-3-5-7-9-11-13-15-17-18-19-20-21-22-23-24-25-26-27-29-31-33-35-37-39-47(56)52-45(42-60-50-49(58)51(59,43-54)40-44(41-53)61-50)48(57)46(55)38-36-34-32-30-28-16-14-12-10-8-6-4-2/h44-46,48-50,53-55,57-59H,3-43H2,1-2H3,(H,52,56)/t44?,45?,46?,48?,49?,50-,51?/m0/s1. The van der Waals surface area contributed by atoms with Gasteiger partial charge >= 0.3 is 0 Å². The van der Waals surface area contributed by atoms with Crippen molar-refractivity contribution in [3.63, 3.8) is 0 Å². The second-order valence-electron chi connectivity index (χ2n) is 19.0. The van der Waals surface area contributed by atoms with Crippen molar-refractivity contribution in [1.82, 2.24) is 5.32 Å². The van der Waals surface area contributed by atoms with Gasteiger partial charge in [0, 0.05) is 12.8 Å². The van der Waals surface area contributed by atoms with E-state index in [1.54, 1.807) is 0 Å². The number of carbonyl (C=O) groups excluding carboxylic acids is 1. The van der Waals surface area contributed by atoms with Crippen LogP contribution in [0.2, 0.25) is 0 Å². The Labute approximate surface area is 375 Å². The van der Waals surface area contributed by atoms with E-state index >= 15 is 0 Å². The van der Waals surface area contributed by atoms with Crippen molar-refractivity contribution >= 4 is 5.91 Å². The van der Waals surface area contributed by atoms with Gasteiger partial charge in [0.05, 0.1) is 38.1 Å². The van der Waals surface area contributed by atoms with Crippen molar-refractivity contribution in [3.05, 3.63) is 0 Å². The van der Waals surface area contributed by atoms with Crippen LogP contribution in [0.5, 0.6) is 0 Å². The molecule has 0 aromatic heterocycles. The molecule has 1 saturated heterocycles. The molecule has 6 unspecified atom stereocenters. The van der Waals surface area contributed by atoms with E-state index in [0.717, 1.165) is 38.5 Å². The second-order valence-corrected chi connectivity index (χ2v) is 19.0. The van der Waals surface area contributed by atoms with Gasteiger partial charge in [-0.1, -0.05) is 232 Å². The molecule has 0 spiro atoms. The maximum absolute atomic E-state index is 13.1. The predicted octanol–water partition coefficient (Wildman–Crippen LogP) is 10.9. The molecule has 364 valence electrons.